The van der Waals surface area contributed by atoms with Crippen LogP contribution in [0, 0.1) is 0 Å². The Morgan fingerprint density at radius 1 is 0.281 bits per heavy atom. The Hall–Kier alpha value is -8.18. The molecular formula is C60H40N2OSi. The standard InChI is InChI=1S/C60H40N2OSi/c1-3-15-47(16-4-1)64(48-17-5-2-6-18-48)59-37-31-43(41-27-33-45(34-28-41)61-53-23-11-7-19-49(53)50-20-8-12-24-54(50)61)39-57(59)63-58-40-44(32-38-60(58)64)42-29-35-46(36-30-42)62-55-25-13-9-21-51(55)52-22-10-14-26-56(52)62/h1-40H. The maximum atomic E-state index is 7.18. The molecule has 12 aromatic rings. The molecule has 3 nitrogen and oxygen atoms in total. The third-order valence-electron chi connectivity index (χ3n) is 13.5. The number of rotatable bonds is 6. The molecule has 0 bridgehead atoms. The van der Waals surface area contributed by atoms with E-state index in [0.29, 0.717) is 0 Å². The predicted molar refractivity (Wildman–Crippen MR) is 270 cm³/mol. The zero-order valence-electron chi connectivity index (χ0n) is 34.9. The number of hydrogen-bond donors (Lipinski definition) is 0. The van der Waals surface area contributed by atoms with Crippen molar-refractivity contribution >= 4 is 72.4 Å². The molecule has 2 aromatic heterocycles. The van der Waals surface area contributed by atoms with Crippen molar-refractivity contribution in [3.05, 3.63) is 243 Å². The molecule has 0 spiro atoms. The Morgan fingerprint density at radius 3 is 0.953 bits per heavy atom. The Bertz CT molecular complexity index is 3380. The number of para-hydroxylation sites is 4. The lowest BCUT2D eigenvalue weighted by atomic mass is 10.0. The first kappa shape index (κ1) is 36.5. The summed E-state index contributed by atoms with van der Waals surface area (Å²) in [5, 5.41) is 10.2. The van der Waals surface area contributed by atoms with Gasteiger partial charge in [-0.1, -0.05) is 182 Å². The van der Waals surface area contributed by atoms with Crippen LogP contribution >= 0.6 is 0 Å². The Labute approximate surface area is 372 Å². The van der Waals surface area contributed by atoms with Crippen molar-refractivity contribution in [1.29, 1.82) is 0 Å². The van der Waals surface area contributed by atoms with Crippen molar-refractivity contribution in [2.24, 2.45) is 0 Å². The average Bonchev–Trinajstić information content (AvgIpc) is 3.89. The van der Waals surface area contributed by atoms with Crippen LogP contribution in [0.15, 0.2) is 243 Å². The first-order chi connectivity index (χ1) is 31.7. The van der Waals surface area contributed by atoms with Gasteiger partial charge in [0.1, 0.15) is 11.5 Å². The first-order valence-electron chi connectivity index (χ1n) is 22.0. The summed E-state index contributed by atoms with van der Waals surface area (Å²) in [6.07, 6.45) is 0. The third kappa shape index (κ3) is 5.46. The van der Waals surface area contributed by atoms with Gasteiger partial charge in [0.05, 0.1) is 22.1 Å². The molecule has 300 valence electrons. The highest BCUT2D eigenvalue weighted by Crippen LogP contribution is 2.38. The summed E-state index contributed by atoms with van der Waals surface area (Å²) in [5.74, 6) is 1.82. The molecule has 0 fully saturated rings. The van der Waals surface area contributed by atoms with Crippen LogP contribution in [0.1, 0.15) is 0 Å². The Morgan fingerprint density at radius 2 is 0.594 bits per heavy atom. The molecule has 13 rings (SSSR count). The first-order valence-corrected chi connectivity index (χ1v) is 24.0. The molecule has 0 unspecified atom stereocenters. The normalized spacial score (nSPS) is 12.9. The van der Waals surface area contributed by atoms with Gasteiger partial charge in [0.25, 0.3) is 0 Å². The van der Waals surface area contributed by atoms with E-state index in [1.165, 1.54) is 64.4 Å². The average molecular weight is 833 g/mol. The lowest BCUT2D eigenvalue weighted by Crippen LogP contribution is -2.76. The van der Waals surface area contributed by atoms with E-state index in [9.17, 15) is 0 Å². The third-order valence-corrected chi connectivity index (χ3v) is 18.3. The van der Waals surface area contributed by atoms with Crippen LogP contribution in [0.5, 0.6) is 11.5 Å². The van der Waals surface area contributed by atoms with Crippen LogP contribution in [0.4, 0.5) is 0 Å². The van der Waals surface area contributed by atoms with Gasteiger partial charge < -0.3 is 13.9 Å². The Balaban J connectivity index is 0.934. The van der Waals surface area contributed by atoms with Crippen molar-refractivity contribution in [3.63, 3.8) is 0 Å². The van der Waals surface area contributed by atoms with E-state index >= 15 is 0 Å². The highest BCUT2D eigenvalue weighted by molar-refractivity contribution is 7.20. The summed E-state index contributed by atoms with van der Waals surface area (Å²) in [6.45, 7) is 0. The fourth-order valence-electron chi connectivity index (χ4n) is 10.6. The maximum absolute atomic E-state index is 7.18. The van der Waals surface area contributed by atoms with Crippen LogP contribution in [0.2, 0.25) is 0 Å². The summed E-state index contributed by atoms with van der Waals surface area (Å²) >= 11 is 0. The molecule has 64 heavy (non-hydrogen) atoms. The van der Waals surface area contributed by atoms with E-state index in [-0.39, 0.29) is 0 Å². The largest absolute Gasteiger partial charge is 0.457 e. The molecule has 1 aliphatic rings. The zero-order chi connectivity index (χ0) is 42.2. The molecule has 0 radical (unpaired) electrons. The van der Waals surface area contributed by atoms with Crippen molar-refractivity contribution in [3.8, 4) is 45.1 Å². The van der Waals surface area contributed by atoms with E-state index in [2.05, 4.69) is 252 Å². The van der Waals surface area contributed by atoms with Crippen molar-refractivity contribution in [1.82, 2.24) is 9.13 Å². The van der Waals surface area contributed by atoms with E-state index in [1.807, 2.05) is 0 Å². The number of benzene rings is 10. The van der Waals surface area contributed by atoms with Gasteiger partial charge in [0.15, 0.2) is 8.07 Å². The van der Waals surface area contributed by atoms with Crippen molar-refractivity contribution in [2.75, 3.05) is 0 Å². The summed E-state index contributed by atoms with van der Waals surface area (Å²) in [7, 11) is -2.85. The highest BCUT2D eigenvalue weighted by atomic mass is 28.3. The van der Waals surface area contributed by atoms with Gasteiger partial charge in [-0.25, -0.2) is 0 Å². The number of fused-ring (bicyclic) bond motifs is 8. The van der Waals surface area contributed by atoms with Crippen LogP contribution in [0.25, 0.3) is 77.2 Å². The number of nitrogens with zero attached hydrogens (tertiary/aromatic N) is 2. The number of ether oxygens (including phenoxy) is 1. The highest BCUT2D eigenvalue weighted by Gasteiger charge is 2.48. The minimum absolute atomic E-state index is 0.912. The van der Waals surface area contributed by atoms with E-state index in [0.717, 1.165) is 45.1 Å². The lowest BCUT2D eigenvalue weighted by molar-refractivity contribution is 0.487. The van der Waals surface area contributed by atoms with Gasteiger partial charge >= 0.3 is 0 Å². The van der Waals surface area contributed by atoms with E-state index in [4.69, 9.17) is 4.74 Å². The summed E-state index contributed by atoms with van der Waals surface area (Å²) in [5.41, 5.74) is 11.6. The van der Waals surface area contributed by atoms with Crippen molar-refractivity contribution in [2.45, 2.75) is 0 Å². The van der Waals surface area contributed by atoms with Crippen molar-refractivity contribution < 1.29 is 4.74 Å². The fourth-order valence-corrected chi connectivity index (χ4v) is 15.5. The molecule has 0 amide bonds. The van der Waals surface area contributed by atoms with E-state index in [1.54, 1.807) is 0 Å². The second-order valence-electron chi connectivity index (χ2n) is 16.8. The number of hydrogen-bond acceptors (Lipinski definition) is 1. The smallest absolute Gasteiger partial charge is 0.188 e. The van der Waals surface area contributed by atoms with Crippen LogP contribution in [0.3, 0.4) is 0 Å². The quantitative estimate of drug-likeness (QED) is 0.153. The molecule has 0 atom stereocenters. The van der Waals surface area contributed by atoms with Gasteiger partial charge in [-0.05, 0) is 104 Å². The molecule has 0 saturated carbocycles. The van der Waals surface area contributed by atoms with Gasteiger partial charge in [-0.15, -0.1) is 0 Å². The predicted octanol–water partition coefficient (Wildman–Crippen LogP) is 12.7. The van der Waals surface area contributed by atoms with Crippen LogP contribution in [-0.4, -0.2) is 17.2 Å². The lowest BCUT2D eigenvalue weighted by Gasteiger charge is -2.40. The molecule has 3 heterocycles. The molecule has 10 aromatic carbocycles. The monoisotopic (exact) mass is 832 g/mol. The minimum Gasteiger partial charge on any atom is -0.457 e. The second kappa shape index (κ2) is 14.5. The topological polar surface area (TPSA) is 19.1 Å². The second-order valence-corrected chi connectivity index (χ2v) is 20.6. The minimum atomic E-state index is -2.85. The molecule has 1 aliphatic heterocycles. The molecule has 0 saturated heterocycles. The summed E-state index contributed by atoms with van der Waals surface area (Å²) in [6, 6.07) is 88.8. The Kier molecular flexibility index (Phi) is 8.23. The molecule has 0 aliphatic carbocycles. The summed E-state index contributed by atoms with van der Waals surface area (Å²) in [4.78, 5) is 0. The maximum Gasteiger partial charge on any atom is 0.188 e. The van der Waals surface area contributed by atoms with Crippen LogP contribution in [-0.2, 0) is 0 Å². The van der Waals surface area contributed by atoms with Gasteiger partial charge in [0, 0.05) is 32.9 Å². The zero-order valence-corrected chi connectivity index (χ0v) is 35.9. The fraction of sp³-hybridized carbons (Fsp3) is 0. The van der Waals surface area contributed by atoms with Crippen LogP contribution < -0.4 is 25.5 Å². The SMILES string of the molecule is c1ccc([Si]2(c3ccccc3)c3ccc(-c4ccc(-n5c6ccccc6c6ccccc65)cc4)cc3Oc3cc(-c4ccc(-n5c6ccccc6c6ccccc65)cc4)ccc32)cc1. The molecule has 4 heteroatoms. The van der Waals surface area contributed by atoms with E-state index < -0.39 is 8.07 Å². The van der Waals surface area contributed by atoms with Gasteiger partial charge in [-0.3, -0.25) is 0 Å². The summed E-state index contributed by atoms with van der Waals surface area (Å²) < 4.78 is 11.9. The molecular weight excluding hydrogens is 793 g/mol. The number of aromatic nitrogens is 2. The van der Waals surface area contributed by atoms with Gasteiger partial charge in [0.2, 0.25) is 0 Å². The molecule has 0 N–H and O–H groups in total. The van der Waals surface area contributed by atoms with Gasteiger partial charge in [-0.2, -0.15) is 0 Å².